The van der Waals surface area contributed by atoms with Crippen molar-refractivity contribution in [2.24, 2.45) is 109 Å². The molecule has 0 aromatic heterocycles. The Bertz CT molecular complexity index is 5140. The molecule has 144 heavy (non-hydrogen) atoms. The number of amides is 15. The van der Waals surface area contributed by atoms with Crippen LogP contribution in [-0.4, -0.2) is 234 Å². The number of carbonyl (C=O) groups excluding carboxylic acids is 18. The second-order valence-corrected chi connectivity index (χ2v) is 50.9. The summed E-state index contributed by atoms with van der Waals surface area (Å²) in [5, 5.41) is 24.7. The van der Waals surface area contributed by atoms with Gasteiger partial charge in [-0.1, -0.05) is 236 Å². The first-order chi connectivity index (χ1) is 66.8. The average Bonchev–Trinajstić information content (AvgIpc) is 1.53. The Kier molecular flexibility index (Phi) is 36.1. The van der Waals surface area contributed by atoms with Gasteiger partial charge in [-0.2, -0.15) is 0 Å². The first kappa shape index (κ1) is 114. The minimum absolute atomic E-state index is 0.0479. The summed E-state index contributed by atoms with van der Waals surface area (Å²) in [4.78, 5) is 242. The van der Waals surface area contributed by atoms with Crippen molar-refractivity contribution in [3.05, 3.63) is 71.3 Å². The van der Waals surface area contributed by atoms with Crippen molar-refractivity contribution in [2.45, 2.75) is 353 Å². The highest BCUT2D eigenvalue weighted by atomic mass is 35.5. The number of likely N-dealkylation sites (tertiary alicyclic amines) is 3. The van der Waals surface area contributed by atoms with E-state index < -0.39 is 227 Å². The van der Waals surface area contributed by atoms with E-state index in [1.165, 1.54) is 14.7 Å². The smallest absolute Gasteiger partial charge is 0.329 e. The van der Waals surface area contributed by atoms with Crippen LogP contribution in [-0.2, 0) is 106 Å². The zero-order valence-electron chi connectivity index (χ0n) is 86.5. The number of hydrogen-bond donors (Lipinski definition) is 12. The summed E-state index contributed by atoms with van der Waals surface area (Å²) in [5.74, 6) is -13.2. The van der Waals surface area contributed by atoms with Crippen LogP contribution < -0.4 is 65.1 Å². The number of benzene rings is 2. The molecule has 3 saturated heterocycles. The Hall–Kier alpha value is -9.94. The number of hydrogen-bond acceptors (Lipinski definition) is 21. The normalized spacial score (nSPS) is 24.6. The number of esters is 3. The van der Waals surface area contributed by atoms with E-state index in [0.29, 0.717) is 45.1 Å². The molecule has 796 valence electrons. The number of ketones is 3. The van der Waals surface area contributed by atoms with Crippen molar-refractivity contribution < 1.29 is 101 Å². The summed E-state index contributed by atoms with van der Waals surface area (Å²) in [5.41, 5.74) is 15.3. The number of carbonyl (C=O) groups is 18. The Labute approximate surface area is 864 Å². The van der Waals surface area contributed by atoms with Crippen LogP contribution in [0, 0.1) is 92.2 Å². The van der Waals surface area contributed by atoms with Crippen LogP contribution in [0.1, 0.15) is 257 Å². The molecule has 0 spiro atoms. The number of alkyl halides is 4. The summed E-state index contributed by atoms with van der Waals surface area (Å²) in [6.07, 6.45) is 13.4. The van der Waals surface area contributed by atoms with Crippen molar-refractivity contribution in [2.75, 3.05) is 19.6 Å². The van der Waals surface area contributed by atoms with E-state index in [-0.39, 0.29) is 96.8 Å². The summed E-state index contributed by atoms with van der Waals surface area (Å²) >= 11 is 26.2. The number of ether oxygens (including phenoxy) is 3. The van der Waals surface area contributed by atoms with E-state index in [1.807, 2.05) is 110 Å². The standard InChI is InChI=1S/C36H53N5O7.C35H47Cl2N5O7.C33H51Cl2N5O7/c1-34(2,3)17-24(32(46)48-19-21-12-10-9-11-13-21)39-33(47)40-28(35(4,5)6)31(45)41-18-22-25(36(22,7)8)26(41)30(44)38-23(16-20-14-15-20)27(42)29(37)43;1-17(2)25(32(47)49-21-14-19-11-6-7-12-20(19)15-21)40-33(48)41-28(34(3,4)5)31(46)42-16-22-24(35(22,36)37)26(42)30(45)39-23(27(43)29(38)44)13-18-9-8-10-18;1-31(2,3)25(29(45)47-32(4,5)6)39-30(46)38-22(18-13-8-7-9-14-18)28(44)40-16-19-21(33(19,34)35)23(40)27(43)37-20(24(41)26(36)42)15-17-11-10-12-17/h9-13,20,22-26,28H,14-19H2,1-8H3,(H2,37,43)(H,38,44)(H2,39,40,47);6-7,11-12,17-18,21-26,28H,8-10,13-16H2,1-5H3,(H2,38,44)(H,39,45)(H2,40,41,48);17-23,25H,7-16H2,1-6H3,(H2,36,42)(H,37,43)(H2,38,39,46)/t2*22-,23?,24-,25-,26-,28+;19-,20?,21-,22-,23-,25+/m000/s1. The number of nitrogens with zero attached hydrogens (tertiary/aromatic N) is 3. The van der Waals surface area contributed by atoms with Gasteiger partial charge in [-0.05, 0) is 144 Å². The number of nitrogens with two attached hydrogens (primary N) is 3. The molecule has 11 aliphatic rings. The molecular formula is C104H151Cl4N15O21. The van der Waals surface area contributed by atoms with E-state index in [4.69, 9.17) is 77.8 Å². The number of rotatable bonds is 36. The van der Waals surface area contributed by atoms with E-state index in [9.17, 15) is 86.3 Å². The minimum Gasteiger partial charge on any atom is -0.460 e. The molecule has 2 aromatic carbocycles. The lowest BCUT2D eigenvalue weighted by molar-refractivity contribution is -0.160. The van der Waals surface area contributed by atoms with E-state index in [2.05, 4.69) is 47.9 Å². The first-order valence-corrected chi connectivity index (χ1v) is 52.3. The summed E-state index contributed by atoms with van der Waals surface area (Å²) in [7, 11) is 0. The quantitative estimate of drug-likeness (QED) is 0.0131. The lowest BCUT2D eigenvalue weighted by Gasteiger charge is -2.38. The van der Waals surface area contributed by atoms with Gasteiger partial charge < -0.3 is 94.0 Å². The monoisotopic (exact) mass is 2090 g/mol. The van der Waals surface area contributed by atoms with E-state index >= 15 is 0 Å². The molecule has 2 aromatic rings. The number of halogens is 4. The van der Waals surface area contributed by atoms with Crippen molar-refractivity contribution in [1.29, 1.82) is 0 Å². The summed E-state index contributed by atoms with van der Waals surface area (Å²) < 4.78 is 14.4. The zero-order chi connectivity index (χ0) is 107. The van der Waals surface area contributed by atoms with Gasteiger partial charge in [-0.25, -0.2) is 28.8 Å². The number of primary amides is 3. The van der Waals surface area contributed by atoms with Crippen LogP contribution in [0.2, 0.25) is 0 Å². The third-order valence-corrected chi connectivity index (χ3v) is 32.5. The second kappa shape index (κ2) is 45.4. The first-order valence-electron chi connectivity index (χ1n) is 50.8. The minimum atomic E-state index is -1.26. The molecule has 13 rings (SSSR count). The van der Waals surface area contributed by atoms with Gasteiger partial charge in [-0.3, -0.25) is 57.5 Å². The highest BCUT2D eigenvalue weighted by molar-refractivity contribution is 6.52. The lowest BCUT2D eigenvalue weighted by atomic mass is 9.80. The van der Waals surface area contributed by atoms with Gasteiger partial charge in [0.2, 0.25) is 52.8 Å². The molecule has 3 aliphatic heterocycles. The Balaban J connectivity index is 0.000000206. The van der Waals surface area contributed by atoms with Gasteiger partial charge in [0, 0.05) is 56.1 Å². The molecule has 7 saturated carbocycles. The third-order valence-electron chi connectivity index (χ3n) is 30.4. The van der Waals surface area contributed by atoms with Crippen LogP contribution in [0.4, 0.5) is 14.4 Å². The molecule has 8 aliphatic carbocycles. The molecule has 3 heterocycles. The third kappa shape index (κ3) is 28.3. The fraction of sp³-hybridized carbons (Fsp3) is 0.712. The summed E-state index contributed by atoms with van der Waals surface area (Å²) in [6.45, 7) is 35.3. The number of Topliss-reactive ketones (excluding diaryl/α,β-unsaturated/α-hetero) is 3. The molecule has 15 N–H and O–H groups in total. The molecule has 3 unspecified atom stereocenters. The van der Waals surface area contributed by atoms with Crippen LogP contribution in [0.15, 0.2) is 54.6 Å². The topological polar surface area (TPSA) is 531 Å². The molecule has 18 atom stereocenters. The van der Waals surface area contributed by atoms with Gasteiger partial charge in [0.25, 0.3) is 17.7 Å². The van der Waals surface area contributed by atoms with Crippen molar-refractivity contribution in [1.82, 2.24) is 62.6 Å². The van der Waals surface area contributed by atoms with Crippen LogP contribution in [0.5, 0.6) is 0 Å². The SMILES string of the molecule is CC(C)(C)C[C@H](NC(=O)N[C@H](C(=O)N1C[C@H]2[C@@H]([C@H]1C(=O)NC(CC1CC1)C(=O)C(N)=O)C2(C)C)C(C)(C)C)C(=O)OCc1ccccc1.CC(C)(C)OC(=O)[C@@H](NC(=O)N[C@H](C(=O)N1C[C@H]2[C@@H]([C@H]1C(=O)NC(CC1CCC1)C(=O)C(N)=O)C2(Cl)Cl)C1CCCCC1)C(C)(C)C.CC(C)[C@H](NC(=O)N[C@H](C(=O)N1C[C@H]2[C@@H]([C@H]1C(=O)NC(CC1CCC1)C(=O)C(N)=O)C2(Cl)Cl)C(C)(C)C)C(=O)OC1Cc2ccccc2C1. The second-order valence-electron chi connectivity index (χ2n) is 48.0. The highest BCUT2D eigenvalue weighted by Crippen LogP contribution is 2.68. The number of nitrogens with one attached hydrogen (secondary N) is 9. The van der Waals surface area contributed by atoms with Crippen molar-refractivity contribution >= 4 is 153 Å². The van der Waals surface area contributed by atoms with Crippen LogP contribution >= 0.6 is 46.4 Å². The fourth-order valence-corrected chi connectivity index (χ4v) is 23.1. The molecule has 0 bridgehead atoms. The lowest BCUT2D eigenvalue weighted by Crippen LogP contribution is -2.62. The molecule has 36 nitrogen and oxygen atoms in total. The van der Waals surface area contributed by atoms with Gasteiger partial charge in [0.1, 0.15) is 81.4 Å². The van der Waals surface area contributed by atoms with Gasteiger partial charge in [0.05, 0.1) is 18.1 Å². The van der Waals surface area contributed by atoms with Crippen LogP contribution in [0.25, 0.3) is 0 Å². The molecular weight excluding hydrogens is 1940 g/mol. The zero-order valence-corrected chi connectivity index (χ0v) is 89.5. The predicted molar refractivity (Wildman–Crippen MR) is 537 cm³/mol. The average molecular weight is 2090 g/mol. The maximum atomic E-state index is 14.4. The molecule has 10 fully saturated rings. The highest BCUT2D eigenvalue weighted by Gasteiger charge is 2.76. The maximum absolute atomic E-state index is 14.4. The van der Waals surface area contributed by atoms with E-state index in [0.717, 1.165) is 87.3 Å². The number of fused-ring (bicyclic) bond motifs is 4. The largest absolute Gasteiger partial charge is 0.460 e. The Morgan fingerprint density at radius 3 is 1.18 bits per heavy atom. The van der Waals surface area contributed by atoms with Crippen molar-refractivity contribution in [3.8, 4) is 0 Å². The molecule has 0 radical (unpaired) electrons. The van der Waals surface area contributed by atoms with Gasteiger partial charge in [-0.15, -0.1) is 46.4 Å². The molecule has 40 heteroatoms. The van der Waals surface area contributed by atoms with Crippen molar-refractivity contribution in [3.63, 3.8) is 0 Å². The fourth-order valence-electron chi connectivity index (χ4n) is 21.4. The number of urea groups is 3. The summed E-state index contributed by atoms with van der Waals surface area (Å²) in [6, 6.07) is 2.32. The van der Waals surface area contributed by atoms with Gasteiger partial charge in [0.15, 0.2) is 0 Å². The Morgan fingerprint density at radius 1 is 0.417 bits per heavy atom. The molecule has 15 amide bonds. The Morgan fingerprint density at radius 2 is 0.799 bits per heavy atom. The number of piperidine rings is 3. The van der Waals surface area contributed by atoms with Gasteiger partial charge >= 0.3 is 36.0 Å². The van der Waals surface area contributed by atoms with Crippen LogP contribution in [0.3, 0.4) is 0 Å². The van der Waals surface area contributed by atoms with E-state index in [1.54, 1.807) is 76.2 Å². The maximum Gasteiger partial charge on any atom is 0.329 e. The predicted octanol–water partition coefficient (Wildman–Crippen LogP) is 9.22.